The van der Waals surface area contributed by atoms with Gasteiger partial charge in [-0.3, -0.25) is 14.9 Å². The number of hydrogen-bond donors (Lipinski definition) is 1. The summed E-state index contributed by atoms with van der Waals surface area (Å²) in [6.07, 6.45) is 6.93. The van der Waals surface area contributed by atoms with E-state index in [-0.39, 0.29) is 11.3 Å². The molecule has 1 aromatic carbocycles. The fourth-order valence-corrected chi connectivity index (χ4v) is 4.34. The van der Waals surface area contributed by atoms with Crippen LogP contribution in [0.15, 0.2) is 48.1 Å². The molecule has 1 amide bonds. The van der Waals surface area contributed by atoms with Crippen molar-refractivity contribution < 1.29 is 4.79 Å². The van der Waals surface area contributed by atoms with Gasteiger partial charge in [0.1, 0.15) is 0 Å². The van der Waals surface area contributed by atoms with Gasteiger partial charge in [0.25, 0.3) is 5.91 Å². The van der Waals surface area contributed by atoms with Gasteiger partial charge >= 0.3 is 0 Å². The summed E-state index contributed by atoms with van der Waals surface area (Å²) < 4.78 is 0. The number of carbonyl (C=O) groups is 1. The van der Waals surface area contributed by atoms with Crippen LogP contribution in [0, 0.1) is 0 Å². The van der Waals surface area contributed by atoms with E-state index in [0.29, 0.717) is 5.69 Å². The molecule has 6 heteroatoms. The molecule has 0 radical (unpaired) electrons. The molecule has 124 valence electrons. The Morgan fingerprint density at radius 2 is 2.08 bits per heavy atom. The molecule has 1 fully saturated rings. The maximum Gasteiger partial charge on any atom is 0.275 e. The minimum atomic E-state index is -0.276. The molecule has 3 heterocycles. The average molecular weight is 348 g/mol. The molecule has 5 nitrogen and oxygen atoms in total. The van der Waals surface area contributed by atoms with Crippen LogP contribution in [0.25, 0.3) is 6.08 Å². The second-order valence-electron chi connectivity index (χ2n) is 6.47. The average Bonchev–Trinajstić information content (AvgIpc) is 3.19. The van der Waals surface area contributed by atoms with E-state index >= 15 is 0 Å². The number of H-pyrrole nitrogens is 1. The molecule has 0 saturated carbocycles. The zero-order valence-corrected chi connectivity index (χ0v) is 14.3. The molecule has 2 aromatic heterocycles. The largest absolute Gasteiger partial charge is 0.334 e. The predicted molar refractivity (Wildman–Crippen MR) is 96.6 cm³/mol. The highest BCUT2D eigenvalue weighted by molar-refractivity contribution is 7.09. The van der Waals surface area contributed by atoms with Crippen LogP contribution < -0.4 is 0 Å². The zero-order valence-electron chi connectivity index (χ0n) is 13.5. The van der Waals surface area contributed by atoms with E-state index in [1.165, 1.54) is 10.4 Å². The van der Waals surface area contributed by atoms with E-state index in [1.807, 2.05) is 23.8 Å². The molecule has 3 aromatic rings. The summed E-state index contributed by atoms with van der Waals surface area (Å²) in [6.45, 7) is 1.66. The number of nitrogens with zero attached hydrogens (tertiary/aromatic N) is 3. The number of fused-ring (bicyclic) bond motifs is 1. The molecular weight excluding hydrogens is 332 g/mol. The van der Waals surface area contributed by atoms with Crippen molar-refractivity contribution in [2.75, 3.05) is 13.1 Å². The SMILES string of the molecule is O=C(c1n[nH]c2c1C=CC(c1ccccc1)(c1cncs1)C2)N1CC1. The van der Waals surface area contributed by atoms with E-state index in [9.17, 15) is 4.79 Å². The van der Waals surface area contributed by atoms with Crippen LogP contribution in [-0.4, -0.2) is 39.1 Å². The molecule has 1 unspecified atom stereocenters. The molecule has 0 spiro atoms. The number of amides is 1. The highest BCUT2D eigenvalue weighted by Gasteiger charge is 2.39. The third kappa shape index (κ3) is 2.25. The van der Waals surface area contributed by atoms with Gasteiger partial charge in [0.2, 0.25) is 0 Å². The molecule has 1 saturated heterocycles. The second kappa shape index (κ2) is 5.39. The second-order valence-corrected chi connectivity index (χ2v) is 7.36. The Morgan fingerprint density at radius 3 is 2.80 bits per heavy atom. The molecular formula is C19H16N4OS. The van der Waals surface area contributed by atoms with E-state index in [1.54, 1.807) is 16.2 Å². The maximum absolute atomic E-state index is 12.4. The highest BCUT2D eigenvalue weighted by Crippen LogP contribution is 2.43. The summed E-state index contributed by atoms with van der Waals surface area (Å²) in [5, 5.41) is 7.43. The lowest BCUT2D eigenvalue weighted by Gasteiger charge is -2.32. The van der Waals surface area contributed by atoms with Crippen LogP contribution in [0.2, 0.25) is 0 Å². The summed E-state index contributed by atoms with van der Waals surface area (Å²) in [5.74, 6) is 0.0205. The van der Waals surface area contributed by atoms with Gasteiger partial charge in [-0.2, -0.15) is 5.10 Å². The molecule has 5 rings (SSSR count). The van der Waals surface area contributed by atoms with Gasteiger partial charge in [-0.15, -0.1) is 11.3 Å². The van der Waals surface area contributed by atoms with E-state index < -0.39 is 0 Å². The molecule has 1 N–H and O–H groups in total. The lowest BCUT2D eigenvalue weighted by atomic mass is 9.72. The van der Waals surface area contributed by atoms with Gasteiger partial charge in [-0.25, -0.2) is 0 Å². The van der Waals surface area contributed by atoms with E-state index in [0.717, 1.165) is 30.8 Å². The minimum absolute atomic E-state index is 0.0205. The summed E-state index contributed by atoms with van der Waals surface area (Å²) in [6, 6.07) is 10.4. The van der Waals surface area contributed by atoms with Crippen LogP contribution in [0.4, 0.5) is 0 Å². The van der Waals surface area contributed by atoms with Crippen molar-refractivity contribution in [3.05, 3.63) is 75.5 Å². The smallest absolute Gasteiger partial charge is 0.275 e. The maximum atomic E-state index is 12.4. The third-order valence-electron chi connectivity index (χ3n) is 4.97. The van der Waals surface area contributed by atoms with Crippen molar-refractivity contribution in [1.29, 1.82) is 0 Å². The number of allylic oxidation sites excluding steroid dienone is 1. The first-order valence-electron chi connectivity index (χ1n) is 8.28. The van der Waals surface area contributed by atoms with Crippen LogP contribution in [0.1, 0.15) is 32.2 Å². The van der Waals surface area contributed by atoms with Crippen LogP contribution in [-0.2, 0) is 11.8 Å². The fraction of sp³-hybridized carbons (Fsp3) is 0.211. The Hall–Kier alpha value is -2.73. The number of aromatic amines is 1. The first kappa shape index (κ1) is 14.6. The Morgan fingerprint density at radius 1 is 1.24 bits per heavy atom. The van der Waals surface area contributed by atoms with E-state index in [4.69, 9.17) is 0 Å². The molecule has 0 bridgehead atoms. The summed E-state index contributed by atoms with van der Waals surface area (Å²) >= 11 is 1.65. The standard InChI is InChI=1S/C19H16N4OS/c24-18(23-8-9-23)17-14-6-7-19(10-15(14)21-22-17,16-11-20-12-25-16)13-4-2-1-3-5-13/h1-7,11-12H,8-10H2,(H,21,22). The number of benzene rings is 1. The van der Waals surface area contributed by atoms with Crippen molar-refractivity contribution in [2.45, 2.75) is 11.8 Å². The summed E-state index contributed by atoms with van der Waals surface area (Å²) in [5.41, 5.74) is 5.27. The summed E-state index contributed by atoms with van der Waals surface area (Å²) in [7, 11) is 0. The number of thiazole rings is 1. The van der Waals surface area contributed by atoms with Crippen molar-refractivity contribution in [2.24, 2.45) is 0 Å². The van der Waals surface area contributed by atoms with Gasteiger partial charge in [-0.05, 0) is 5.56 Å². The minimum Gasteiger partial charge on any atom is -0.334 e. The first-order chi connectivity index (χ1) is 12.3. The van der Waals surface area contributed by atoms with Gasteiger partial charge in [0, 0.05) is 41.8 Å². The lowest BCUT2D eigenvalue weighted by Crippen LogP contribution is -2.29. The Kier molecular flexibility index (Phi) is 3.15. The lowest BCUT2D eigenvalue weighted by molar-refractivity contribution is 0.0880. The Bertz CT molecular complexity index is 957. The molecule has 1 aliphatic heterocycles. The topological polar surface area (TPSA) is 61.6 Å². The summed E-state index contributed by atoms with van der Waals surface area (Å²) in [4.78, 5) is 19.7. The number of carbonyl (C=O) groups excluding carboxylic acids is 1. The number of hydrogen-bond acceptors (Lipinski definition) is 4. The van der Waals surface area contributed by atoms with Gasteiger partial charge < -0.3 is 4.90 Å². The van der Waals surface area contributed by atoms with Crippen molar-refractivity contribution in [1.82, 2.24) is 20.1 Å². The van der Waals surface area contributed by atoms with Crippen LogP contribution in [0.5, 0.6) is 0 Å². The van der Waals surface area contributed by atoms with Gasteiger partial charge in [0.15, 0.2) is 5.69 Å². The number of nitrogens with one attached hydrogen (secondary N) is 1. The van der Waals surface area contributed by atoms with Crippen molar-refractivity contribution >= 4 is 23.3 Å². The van der Waals surface area contributed by atoms with Gasteiger partial charge in [-0.1, -0.05) is 42.5 Å². The number of rotatable bonds is 3. The van der Waals surface area contributed by atoms with Crippen molar-refractivity contribution in [3.63, 3.8) is 0 Å². The molecule has 25 heavy (non-hydrogen) atoms. The van der Waals surface area contributed by atoms with Crippen LogP contribution in [0.3, 0.4) is 0 Å². The fourth-order valence-electron chi connectivity index (χ4n) is 3.51. The van der Waals surface area contributed by atoms with Crippen LogP contribution >= 0.6 is 11.3 Å². The van der Waals surface area contributed by atoms with Crippen molar-refractivity contribution in [3.8, 4) is 0 Å². The molecule has 2 aliphatic rings. The zero-order chi connectivity index (χ0) is 16.9. The van der Waals surface area contributed by atoms with E-state index in [2.05, 4.69) is 45.5 Å². The predicted octanol–water partition coefficient (Wildman–Crippen LogP) is 2.88. The van der Waals surface area contributed by atoms with Gasteiger partial charge in [0.05, 0.1) is 10.9 Å². The Balaban J connectivity index is 1.62. The highest BCUT2D eigenvalue weighted by atomic mass is 32.1. The normalized spacial score (nSPS) is 21.2. The monoisotopic (exact) mass is 348 g/mol. The Labute approximate surface area is 149 Å². The quantitative estimate of drug-likeness (QED) is 0.741. The number of aromatic nitrogens is 3. The molecule has 1 aliphatic carbocycles. The molecule has 1 atom stereocenters. The third-order valence-corrected chi connectivity index (χ3v) is 5.92. The first-order valence-corrected chi connectivity index (χ1v) is 9.16.